The minimum Gasteiger partial charge on any atom is -0.493 e. The Balaban J connectivity index is 1.68. The maximum absolute atomic E-state index is 14.0. The van der Waals surface area contributed by atoms with Crippen LogP contribution in [0.4, 0.5) is 0 Å². The standard InChI is InChI=1S/C32H31ClN2O4/c1-38-28-18-17-24(19-29(28)39-2)20-30(36)35(22-23-11-5-3-6-12-23)31(25-13-7-4-8-14-25)32(37)34-21-26-15-9-10-16-27(26)33/h3-19,31H,20-22H2,1-2H3,(H,34,37)/t31-/m1/s1. The first-order valence-corrected chi connectivity index (χ1v) is 13.0. The van der Waals surface area contributed by atoms with E-state index in [0.717, 1.165) is 16.7 Å². The first-order valence-electron chi connectivity index (χ1n) is 12.6. The molecule has 1 atom stereocenters. The normalized spacial score (nSPS) is 11.4. The van der Waals surface area contributed by atoms with Crippen molar-refractivity contribution >= 4 is 23.4 Å². The number of halogens is 1. The third-order valence-corrected chi connectivity index (χ3v) is 6.77. The molecule has 0 aliphatic rings. The summed E-state index contributed by atoms with van der Waals surface area (Å²) in [6, 6.07) is 30.9. The van der Waals surface area contributed by atoms with Crippen LogP contribution in [0.3, 0.4) is 0 Å². The van der Waals surface area contributed by atoms with E-state index in [2.05, 4.69) is 5.32 Å². The summed E-state index contributed by atoms with van der Waals surface area (Å²) in [5.74, 6) is 0.621. The molecule has 4 aromatic rings. The van der Waals surface area contributed by atoms with Crippen molar-refractivity contribution < 1.29 is 19.1 Å². The van der Waals surface area contributed by atoms with E-state index in [0.29, 0.717) is 22.1 Å². The predicted molar refractivity (Wildman–Crippen MR) is 153 cm³/mol. The van der Waals surface area contributed by atoms with E-state index in [9.17, 15) is 9.59 Å². The molecule has 0 fully saturated rings. The molecule has 4 aromatic carbocycles. The van der Waals surface area contributed by atoms with Gasteiger partial charge in [-0.3, -0.25) is 9.59 Å². The number of nitrogens with zero attached hydrogens (tertiary/aromatic N) is 1. The Labute approximate surface area is 234 Å². The summed E-state index contributed by atoms with van der Waals surface area (Å²) in [5.41, 5.74) is 3.17. The van der Waals surface area contributed by atoms with Gasteiger partial charge in [0.05, 0.1) is 20.6 Å². The van der Waals surface area contributed by atoms with Crippen LogP contribution in [0, 0.1) is 0 Å². The molecule has 0 radical (unpaired) electrons. The van der Waals surface area contributed by atoms with Gasteiger partial charge < -0.3 is 19.7 Å². The number of carbonyl (C=O) groups is 2. The number of hydrogen-bond donors (Lipinski definition) is 1. The number of methoxy groups -OCH3 is 2. The molecule has 1 N–H and O–H groups in total. The first-order chi connectivity index (χ1) is 19.0. The molecule has 4 rings (SSSR count). The third-order valence-electron chi connectivity index (χ3n) is 6.41. The lowest BCUT2D eigenvalue weighted by atomic mass is 10.0. The van der Waals surface area contributed by atoms with Crippen LogP contribution < -0.4 is 14.8 Å². The molecule has 0 aliphatic heterocycles. The second-order valence-electron chi connectivity index (χ2n) is 9.00. The van der Waals surface area contributed by atoms with Crippen molar-refractivity contribution in [3.8, 4) is 11.5 Å². The first kappa shape index (κ1) is 27.7. The zero-order valence-electron chi connectivity index (χ0n) is 22.0. The SMILES string of the molecule is COc1ccc(CC(=O)N(Cc2ccccc2)[C@@H](C(=O)NCc2ccccc2Cl)c2ccccc2)cc1OC. The molecule has 2 amide bonds. The van der Waals surface area contributed by atoms with Gasteiger partial charge in [-0.2, -0.15) is 0 Å². The van der Waals surface area contributed by atoms with Crippen molar-refractivity contribution in [2.75, 3.05) is 14.2 Å². The van der Waals surface area contributed by atoms with Crippen molar-refractivity contribution in [2.24, 2.45) is 0 Å². The highest BCUT2D eigenvalue weighted by atomic mass is 35.5. The minimum atomic E-state index is -0.860. The van der Waals surface area contributed by atoms with Crippen LogP contribution in [-0.4, -0.2) is 30.9 Å². The Kier molecular flexibility index (Phi) is 9.59. The van der Waals surface area contributed by atoms with Crippen LogP contribution in [0.1, 0.15) is 28.3 Å². The number of ether oxygens (including phenoxy) is 2. The molecule has 0 saturated heterocycles. The Bertz CT molecular complexity index is 1400. The Hall–Kier alpha value is -4.29. The van der Waals surface area contributed by atoms with E-state index in [4.69, 9.17) is 21.1 Å². The third kappa shape index (κ3) is 7.18. The molecule has 39 heavy (non-hydrogen) atoms. The van der Waals surface area contributed by atoms with Gasteiger partial charge in [-0.1, -0.05) is 96.5 Å². The molecule has 0 aliphatic carbocycles. The molecule has 0 unspecified atom stereocenters. The molecule has 6 nitrogen and oxygen atoms in total. The number of hydrogen-bond acceptors (Lipinski definition) is 4. The molecule has 7 heteroatoms. The van der Waals surface area contributed by atoms with Gasteiger partial charge in [0.25, 0.3) is 0 Å². The van der Waals surface area contributed by atoms with Crippen LogP contribution in [0.5, 0.6) is 11.5 Å². The number of amides is 2. The fourth-order valence-electron chi connectivity index (χ4n) is 4.40. The molecular formula is C32H31ClN2O4. The summed E-state index contributed by atoms with van der Waals surface area (Å²) in [4.78, 5) is 29.4. The lowest BCUT2D eigenvalue weighted by molar-refractivity contribution is -0.141. The van der Waals surface area contributed by atoms with Crippen molar-refractivity contribution in [1.29, 1.82) is 0 Å². The van der Waals surface area contributed by atoms with Crippen molar-refractivity contribution in [3.63, 3.8) is 0 Å². The minimum absolute atomic E-state index is 0.0777. The Morgan fingerprint density at radius 3 is 2.10 bits per heavy atom. The molecule has 0 heterocycles. The number of benzene rings is 4. The Morgan fingerprint density at radius 2 is 1.44 bits per heavy atom. The number of nitrogens with one attached hydrogen (secondary N) is 1. The average molecular weight is 543 g/mol. The second-order valence-corrected chi connectivity index (χ2v) is 9.40. The monoisotopic (exact) mass is 542 g/mol. The molecule has 0 saturated carbocycles. The fraction of sp³-hybridized carbons (Fsp3) is 0.188. The number of rotatable bonds is 11. The van der Waals surface area contributed by atoms with Gasteiger partial charge in [0.2, 0.25) is 11.8 Å². The highest BCUT2D eigenvalue weighted by molar-refractivity contribution is 6.31. The van der Waals surface area contributed by atoms with Crippen LogP contribution in [0.2, 0.25) is 5.02 Å². The highest BCUT2D eigenvalue weighted by Gasteiger charge is 2.31. The zero-order chi connectivity index (χ0) is 27.6. The summed E-state index contributed by atoms with van der Waals surface area (Å²) >= 11 is 6.33. The lowest BCUT2D eigenvalue weighted by Crippen LogP contribution is -2.43. The van der Waals surface area contributed by atoms with Crippen LogP contribution >= 0.6 is 11.6 Å². The van der Waals surface area contributed by atoms with Gasteiger partial charge in [0.15, 0.2) is 11.5 Å². The predicted octanol–water partition coefficient (Wildman–Crippen LogP) is 5.99. The molecule has 0 bridgehead atoms. The largest absolute Gasteiger partial charge is 0.493 e. The van der Waals surface area contributed by atoms with Gasteiger partial charge >= 0.3 is 0 Å². The smallest absolute Gasteiger partial charge is 0.247 e. The summed E-state index contributed by atoms with van der Waals surface area (Å²) in [6.07, 6.45) is 0.0777. The summed E-state index contributed by atoms with van der Waals surface area (Å²) < 4.78 is 10.8. The van der Waals surface area contributed by atoms with Crippen LogP contribution in [0.25, 0.3) is 0 Å². The van der Waals surface area contributed by atoms with Gasteiger partial charge in [0.1, 0.15) is 6.04 Å². The van der Waals surface area contributed by atoms with Gasteiger partial charge in [-0.15, -0.1) is 0 Å². The quantitative estimate of drug-likeness (QED) is 0.253. The van der Waals surface area contributed by atoms with E-state index < -0.39 is 6.04 Å². The summed E-state index contributed by atoms with van der Waals surface area (Å²) in [5, 5.41) is 3.57. The van der Waals surface area contributed by atoms with E-state index in [-0.39, 0.29) is 31.3 Å². The van der Waals surface area contributed by atoms with E-state index >= 15 is 0 Å². The summed E-state index contributed by atoms with van der Waals surface area (Å²) in [6.45, 7) is 0.497. The van der Waals surface area contributed by atoms with Crippen molar-refractivity contribution in [2.45, 2.75) is 25.6 Å². The summed E-state index contributed by atoms with van der Waals surface area (Å²) in [7, 11) is 3.12. The van der Waals surface area contributed by atoms with E-state index in [1.54, 1.807) is 37.3 Å². The van der Waals surface area contributed by atoms with E-state index in [1.165, 1.54) is 0 Å². The lowest BCUT2D eigenvalue weighted by Gasteiger charge is -2.32. The zero-order valence-corrected chi connectivity index (χ0v) is 22.7. The van der Waals surface area contributed by atoms with Crippen molar-refractivity contribution in [3.05, 3.63) is 130 Å². The fourth-order valence-corrected chi connectivity index (χ4v) is 4.60. The van der Waals surface area contributed by atoms with Crippen molar-refractivity contribution in [1.82, 2.24) is 10.2 Å². The van der Waals surface area contributed by atoms with Crippen LogP contribution in [-0.2, 0) is 29.1 Å². The van der Waals surface area contributed by atoms with E-state index in [1.807, 2.05) is 84.9 Å². The molecular weight excluding hydrogens is 512 g/mol. The van der Waals surface area contributed by atoms with Gasteiger partial charge in [-0.05, 0) is 40.5 Å². The molecule has 200 valence electrons. The number of carbonyl (C=O) groups excluding carboxylic acids is 2. The second kappa shape index (κ2) is 13.5. The Morgan fingerprint density at radius 1 is 0.795 bits per heavy atom. The van der Waals surface area contributed by atoms with Gasteiger partial charge in [0, 0.05) is 18.1 Å². The maximum Gasteiger partial charge on any atom is 0.247 e. The maximum atomic E-state index is 14.0. The molecule has 0 spiro atoms. The van der Waals surface area contributed by atoms with Gasteiger partial charge in [-0.25, -0.2) is 0 Å². The topological polar surface area (TPSA) is 67.9 Å². The van der Waals surface area contributed by atoms with Crippen LogP contribution in [0.15, 0.2) is 103 Å². The molecule has 0 aromatic heterocycles. The highest BCUT2D eigenvalue weighted by Crippen LogP contribution is 2.29. The average Bonchev–Trinajstić information content (AvgIpc) is 2.97.